The van der Waals surface area contributed by atoms with Gasteiger partial charge in [-0.15, -0.1) is 0 Å². The molecule has 0 saturated carbocycles. The van der Waals surface area contributed by atoms with Crippen LogP contribution in [0.3, 0.4) is 0 Å². The summed E-state index contributed by atoms with van der Waals surface area (Å²) in [5, 5.41) is 24.6. The third-order valence-electron chi connectivity index (χ3n) is 7.69. The number of amides is 2. The summed E-state index contributed by atoms with van der Waals surface area (Å²) in [5.41, 5.74) is 16.8. The number of nitrogens with two attached hydrogens (primary N) is 2. The standard InChI is InChI=1S/C32H41N5O6/c1-19(39)28-27(18-38)43-37(29(28)31(34)40)17-21-8-6-10-26(30(21)42-4)22-14-23(16-25(15-22)36(2)3)32(41)35-12-11-20-7-5-9-24(33)13-20/h5-10,13-16,19,27-29,38-39H,11-12,17-18,33H2,1-4H3,(H2,34,40)(H,35,41)/t19?,27-,28?,29-/m0/s1. The van der Waals surface area contributed by atoms with Crippen molar-refractivity contribution in [2.24, 2.45) is 11.7 Å². The molecule has 4 atom stereocenters. The van der Waals surface area contributed by atoms with E-state index in [-0.39, 0.29) is 19.1 Å². The van der Waals surface area contributed by atoms with Gasteiger partial charge in [0.1, 0.15) is 17.9 Å². The SMILES string of the molecule is COc1c(CN2O[C@@H](CO)C(C(C)O)[C@H]2C(N)=O)cccc1-c1cc(C(=O)NCCc2cccc(N)c2)cc(N(C)C)c1. The Morgan fingerprint density at radius 2 is 1.88 bits per heavy atom. The Balaban J connectivity index is 1.63. The molecular formula is C32H41N5O6. The van der Waals surface area contributed by atoms with Crippen molar-refractivity contribution in [1.82, 2.24) is 10.4 Å². The van der Waals surface area contributed by atoms with Crippen molar-refractivity contribution in [1.29, 1.82) is 0 Å². The second kappa shape index (κ2) is 13.9. The lowest BCUT2D eigenvalue weighted by Gasteiger charge is -2.25. The van der Waals surface area contributed by atoms with Crippen LogP contribution >= 0.6 is 0 Å². The van der Waals surface area contributed by atoms with Gasteiger partial charge in [0.05, 0.1) is 26.4 Å². The first-order valence-electron chi connectivity index (χ1n) is 14.2. The minimum absolute atomic E-state index is 0.106. The van der Waals surface area contributed by atoms with E-state index in [1.165, 1.54) is 5.06 Å². The highest BCUT2D eigenvalue weighted by Gasteiger charge is 2.48. The second-order valence-electron chi connectivity index (χ2n) is 11.0. The largest absolute Gasteiger partial charge is 0.496 e. The Morgan fingerprint density at radius 1 is 1.14 bits per heavy atom. The number of aliphatic hydroxyl groups excluding tert-OH is 2. The van der Waals surface area contributed by atoms with Gasteiger partial charge in [0.25, 0.3) is 5.91 Å². The van der Waals surface area contributed by atoms with E-state index in [1.54, 1.807) is 14.0 Å². The van der Waals surface area contributed by atoms with Crippen LogP contribution in [0.4, 0.5) is 11.4 Å². The second-order valence-corrected chi connectivity index (χ2v) is 11.0. The molecule has 1 saturated heterocycles. The number of anilines is 2. The molecule has 2 amide bonds. The molecular weight excluding hydrogens is 550 g/mol. The molecule has 0 bridgehead atoms. The third kappa shape index (κ3) is 7.26. The number of nitrogens with one attached hydrogen (secondary N) is 1. The summed E-state index contributed by atoms with van der Waals surface area (Å²) in [4.78, 5) is 33.5. The van der Waals surface area contributed by atoms with E-state index in [0.717, 1.165) is 22.4 Å². The van der Waals surface area contributed by atoms with E-state index in [2.05, 4.69) is 5.32 Å². The predicted octanol–water partition coefficient (Wildman–Crippen LogP) is 1.94. The number of hydrogen-bond donors (Lipinski definition) is 5. The summed E-state index contributed by atoms with van der Waals surface area (Å²) >= 11 is 0. The Bertz CT molecular complexity index is 1450. The van der Waals surface area contributed by atoms with Gasteiger partial charge in [-0.1, -0.05) is 30.3 Å². The first-order chi connectivity index (χ1) is 20.5. The minimum atomic E-state index is -0.954. The van der Waals surface area contributed by atoms with E-state index in [9.17, 15) is 19.8 Å². The smallest absolute Gasteiger partial charge is 0.251 e. The van der Waals surface area contributed by atoms with E-state index in [0.29, 0.717) is 35.5 Å². The fraction of sp³-hybridized carbons (Fsp3) is 0.375. The number of nitrogens with zero attached hydrogens (tertiary/aromatic N) is 2. The van der Waals surface area contributed by atoms with Gasteiger partial charge in [-0.25, -0.2) is 0 Å². The van der Waals surface area contributed by atoms with E-state index < -0.39 is 30.1 Å². The Kier molecular flexibility index (Phi) is 10.3. The van der Waals surface area contributed by atoms with Crippen molar-refractivity contribution in [3.63, 3.8) is 0 Å². The van der Waals surface area contributed by atoms with Crippen molar-refractivity contribution in [2.45, 2.75) is 38.1 Å². The average molecular weight is 592 g/mol. The lowest BCUT2D eigenvalue weighted by atomic mass is 9.89. The van der Waals surface area contributed by atoms with E-state index in [4.69, 9.17) is 21.0 Å². The van der Waals surface area contributed by atoms with E-state index >= 15 is 0 Å². The van der Waals surface area contributed by atoms with Crippen molar-refractivity contribution in [3.8, 4) is 16.9 Å². The zero-order valence-electron chi connectivity index (χ0n) is 25.0. The van der Waals surface area contributed by atoms with Gasteiger partial charge >= 0.3 is 0 Å². The van der Waals surface area contributed by atoms with Crippen LogP contribution in [0, 0.1) is 5.92 Å². The highest BCUT2D eigenvalue weighted by molar-refractivity contribution is 5.97. The summed E-state index contributed by atoms with van der Waals surface area (Å²) in [6, 6.07) is 17.8. The topological polar surface area (TPSA) is 164 Å². The first kappa shape index (κ1) is 31.8. The maximum atomic E-state index is 13.3. The summed E-state index contributed by atoms with van der Waals surface area (Å²) in [6.07, 6.45) is -1.08. The van der Waals surface area contributed by atoms with Crippen molar-refractivity contribution in [3.05, 3.63) is 77.4 Å². The van der Waals surface area contributed by atoms with Crippen molar-refractivity contribution >= 4 is 23.2 Å². The van der Waals surface area contributed by atoms with E-state index in [1.807, 2.05) is 79.7 Å². The molecule has 3 aromatic carbocycles. The number of methoxy groups -OCH3 is 1. The number of benzene rings is 3. The number of primary amides is 1. The van der Waals surface area contributed by atoms with Gasteiger partial charge in [0, 0.05) is 54.6 Å². The normalized spacial score (nSPS) is 19.2. The molecule has 7 N–H and O–H groups in total. The summed E-state index contributed by atoms with van der Waals surface area (Å²) < 4.78 is 5.87. The molecule has 11 heteroatoms. The number of hydroxylamine groups is 2. The molecule has 11 nitrogen and oxygen atoms in total. The average Bonchev–Trinajstić information content (AvgIpc) is 3.35. The lowest BCUT2D eigenvalue weighted by molar-refractivity contribution is -0.181. The van der Waals surface area contributed by atoms with Gasteiger partial charge in [-0.05, 0) is 54.8 Å². The molecule has 0 radical (unpaired) electrons. The highest BCUT2D eigenvalue weighted by Crippen LogP contribution is 2.38. The number of ether oxygens (including phenoxy) is 1. The fourth-order valence-electron chi connectivity index (χ4n) is 5.57. The number of aliphatic hydroxyl groups is 2. The number of nitrogen functional groups attached to an aromatic ring is 1. The number of carbonyl (C=O) groups is 2. The van der Waals surface area contributed by atoms with Crippen molar-refractivity contribution in [2.75, 3.05) is 45.0 Å². The highest BCUT2D eigenvalue weighted by atomic mass is 16.7. The van der Waals surface area contributed by atoms with Crippen LogP contribution < -0.4 is 26.4 Å². The van der Waals surface area contributed by atoms with Gasteiger partial charge in [0.15, 0.2) is 0 Å². The van der Waals surface area contributed by atoms with Crippen LogP contribution in [-0.2, 0) is 22.6 Å². The van der Waals surface area contributed by atoms with Crippen LogP contribution in [0.5, 0.6) is 5.75 Å². The number of rotatable bonds is 12. The number of hydrogen-bond acceptors (Lipinski definition) is 9. The first-order valence-corrected chi connectivity index (χ1v) is 14.2. The zero-order valence-corrected chi connectivity index (χ0v) is 25.0. The number of carbonyl (C=O) groups excluding carboxylic acids is 2. The molecule has 2 unspecified atom stereocenters. The van der Waals surface area contributed by atoms with Gasteiger partial charge in [-0.3, -0.25) is 14.4 Å². The van der Waals surface area contributed by atoms with Crippen LogP contribution in [0.15, 0.2) is 60.7 Å². The van der Waals surface area contributed by atoms with Crippen LogP contribution in [0.1, 0.15) is 28.4 Å². The molecule has 1 heterocycles. The predicted molar refractivity (Wildman–Crippen MR) is 165 cm³/mol. The molecule has 43 heavy (non-hydrogen) atoms. The monoisotopic (exact) mass is 591 g/mol. The van der Waals surface area contributed by atoms with Crippen molar-refractivity contribution < 1.29 is 29.4 Å². The lowest BCUT2D eigenvalue weighted by Crippen LogP contribution is -2.47. The fourth-order valence-corrected chi connectivity index (χ4v) is 5.57. The van der Waals surface area contributed by atoms with Crippen LogP contribution in [0.25, 0.3) is 11.1 Å². The maximum Gasteiger partial charge on any atom is 0.251 e. The summed E-state index contributed by atoms with van der Waals surface area (Å²) in [7, 11) is 5.35. The maximum absolute atomic E-state index is 13.3. The Labute approximate surface area is 251 Å². The molecule has 1 aliphatic rings. The summed E-state index contributed by atoms with van der Waals surface area (Å²) in [6.45, 7) is 1.71. The Morgan fingerprint density at radius 3 is 2.51 bits per heavy atom. The molecule has 3 aromatic rings. The quantitative estimate of drug-likeness (QED) is 0.198. The third-order valence-corrected chi connectivity index (χ3v) is 7.69. The molecule has 0 aliphatic carbocycles. The molecule has 4 rings (SSSR count). The number of para-hydroxylation sites is 1. The van der Waals surface area contributed by atoms with Gasteiger partial charge < -0.3 is 36.6 Å². The molecule has 1 fully saturated rings. The molecule has 0 spiro atoms. The molecule has 230 valence electrons. The molecule has 0 aromatic heterocycles. The Hall–Kier alpha value is -4.16. The zero-order chi connectivity index (χ0) is 31.3. The van der Waals surface area contributed by atoms with Crippen LogP contribution in [-0.4, -0.2) is 79.7 Å². The van der Waals surface area contributed by atoms with Gasteiger partial charge in [-0.2, -0.15) is 5.06 Å². The summed E-state index contributed by atoms with van der Waals surface area (Å²) in [5.74, 6) is -1.05. The minimum Gasteiger partial charge on any atom is -0.496 e. The van der Waals surface area contributed by atoms with Crippen LogP contribution in [0.2, 0.25) is 0 Å². The van der Waals surface area contributed by atoms with Gasteiger partial charge in [0.2, 0.25) is 5.91 Å². The molecule has 1 aliphatic heterocycles.